The fraction of sp³-hybridized carbons (Fsp3) is 0.588. The van der Waals surface area contributed by atoms with Gasteiger partial charge in [0.15, 0.2) is 0 Å². The molecule has 1 saturated heterocycles. The second-order valence-electron chi connectivity index (χ2n) is 6.31. The van der Waals surface area contributed by atoms with Crippen molar-refractivity contribution in [2.75, 3.05) is 38.8 Å². The monoisotopic (exact) mass is 354 g/mol. The van der Waals surface area contributed by atoms with Crippen LogP contribution in [0.3, 0.4) is 0 Å². The van der Waals surface area contributed by atoms with E-state index in [0.29, 0.717) is 13.1 Å². The number of ether oxygens (including phenoxy) is 1. The smallest absolute Gasteiger partial charge is 0.223 e. The summed E-state index contributed by atoms with van der Waals surface area (Å²) in [5.74, 6) is 1.07. The number of carbonyl (C=O) groups excluding carboxylic acids is 1. The van der Waals surface area contributed by atoms with Crippen LogP contribution in [-0.4, -0.2) is 58.0 Å². The molecule has 0 spiro atoms. The lowest BCUT2D eigenvalue weighted by Crippen LogP contribution is -2.41. The lowest BCUT2D eigenvalue weighted by molar-refractivity contribution is -0.126. The highest BCUT2D eigenvalue weighted by Gasteiger charge is 2.25. The summed E-state index contributed by atoms with van der Waals surface area (Å²) in [5, 5.41) is 2.98. The molecule has 6 nitrogen and oxygen atoms in total. The molecule has 134 valence electrons. The maximum Gasteiger partial charge on any atom is 0.223 e. The average molecular weight is 354 g/mol. The first kappa shape index (κ1) is 18.7. The molecule has 24 heavy (non-hydrogen) atoms. The second kappa shape index (κ2) is 8.48. The number of nitrogens with zero attached hydrogens (tertiary/aromatic N) is 1. The number of benzene rings is 1. The van der Waals surface area contributed by atoms with Crippen LogP contribution in [0.4, 0.5) is 0 Å². The molecule has 7 heteroatoms. The fourth-order valence-electron chi connectivity index (χ4n) is 2.79. The number of likely N-dealkylation sites (tertiary alicyclic amines) is 1. The largest absolute Gasteiger partial charge is 0.497 e. The minimum atomic E-state index is -2.93. The van der Waals surface area contributed by atoms with Gasteiger partial charge in [-0.1, -0.05) is 12.1 Å². The third-order valence-corrected chi connectivity index (χ3v) is 5.29. The summed E-state index contributed by atoms with van der Waals surface area (Å²) < 4.78 is 27.5. The van der Waals surface area contributed by atoms with E-state index in [2.05, 4.69) is 10.2 Å². The fourth-order valence-corrected chi connectivity index (χ4v) is 3.38. The van der Waals surface area contributed by atoms with Gasteiger partial charge < -0.3 is 15.0 Å². The third-order valence-electron chi connectivity index (χ3n) is 4.36. The Kier molecular flexibility index (Phi) is 6.62. The van der Waals surface area contributed by atoms with Gasteiger partial charge in [0.25, 0.3) is 0 Å². The van der Waals surface area contributed by atoms with E-state index in [1.807, 2.05) is 24.3 Å². The van der Waals surface area contributed by atoms with E-state index >= 15 is 0 Å². The Labute approximate surface area is 144 Å². The highest BCUT2D eigenvalue weighted by Crippen LogP contribution is 2.18. The zero-order chi connectivity index (χ0) is 17.6. The molecule has 0 bridgehead atoms. The summed E-state index contributed by atoms with van der Waals surface area (Å²) in [5.41, 5.74) is 1.04. The molecule has 0 atom stereocenters. The standard InChI is InChI=1S/C17H26N2O4S/c1-23-16-5-3-14(4-6-16)13-18-17(20)15-7-9-19(10-8-15)11-12-24(2,21)22/h3-6,15H,7-13H2,1-2H3,(H,18,20). The van der Waals surface area contributed by atoms with Gasteiger partial charge in [0.2, 0.25) is 5.91 Å². The van der Waals surface area contributed by atoms with Crippen molar-refractivity contribution in [1.82, 2.24) is 10.2 Å². The molecule has 2 rings (SSSR count). The van der Waals surface area contributed by atoms with E-state index in [1.54, 1.807) is 7.11 Å². The Morgan fingerprint density at radius 3 is 2.42 bits per heavy atom. The van der Waals surface area contributed by atoms with Gasteiger partial charge in [0.05, 0.1) is 12.9 Å². The van der Waals surface area contributed by atoms with Crippen molar-refractivity contribution >= 4 is 15.7 Å². The highest BCUT2D eigenvalue weighted by atomic mass is 32.2. The number of nitrogens with one attached hydrogen (secondary N) is 1. The minimum absolute atomic E-state index is 0.0118. The Morgan fingerprint density at radius 2 is 1.88 bits per heavy atom. The van der Waals surface area contributed by atoms with Crippen molar-refractivity contribution in [3.05, 3.63) is 29.8 Å². The SMILES string of the molecule is COc1ccc(CNC(=O)C2CCN(CCS(C)(=O)=O)CC2)cc1. The molecule has 0 radical (unpaired) electrons. The van der Waals surface area contributed by atoms with Crippen molar-refractivity contribution in [3.8, 4) is 5.75 Å². The number of rotatable bonds is 7. The van der Waals surface area contributed by atoms with E-state index in [-0.39, 0.29) is 17.6 Å². The molecular weight excluding hydrogens is 328 g/mol. The van der Waals surface area contributed by atoms with Crippen LogP contribution < -0.4 is 10.1 Å². The molecule has 1 N–H and O–H groups in total. The number of methoxy groups -OCH3 is 1. The zero-order valence-electron chi connectivity index (χ0n) is 14.3. The number of hydrogen-bond acceptors (Lipinski definition) is 5. The molecule has 1 fully saturated rings. The van der Waals surface area contributed by atoms with E-state index in [0.717, 1.165) is 37.2 Å². The Hall–Kier alpha value is -1.60. The molecular formula is C17H26N2O4S. The first-order chi connectivity index (χ1) is 11.4. The molecule has 0 aromatic heterocycles. The van der Waals surface area contributed by atoms with Crippen LogP contribution in [0.15, 0.2) is 24.3 Å². The lowest BCUT2D eigenvalue weighted by Gasteiger charge is -2.31. The lowest BCUT2D eigenvalue weighted by atomic mass is 9.96. The molecule has 1 amide bonds. The normalized spacial score (nSPS) is 16.8. The van der Waals surface area contributed by atoms with Crippen LogP contribution in [-0.2, 0) is 21.2 Å². The van der Waals surface area contributed by atoms with E-state index < -0.39 is 9.84 Å². The topological polar surface area (TPSA) is 75.7 Å². The molecule has 1 aromatic rings. The van der Waals surface area contributed by atoms with E-state index in [1.165, 1.54) is 6.26 Å². The van der Waals surface area contributed by atoms with Crippen molar-refractivity contribution < 1.29 is 17.9 Å². The Balaban J connectivity index is 1.72. The third kappa shape index (κ3) is 6.13. The zero-order valence-corrected chi connectivity index (χ0v) is 15.1. The molecule has 1 heterocycles. The summed E-state index contributed by atoms with van der Waals surface area (Å²) in [7, 11) is -1.30. The molecule has 0 saturated carbocycles. The summed E-state index contributed by atoms with van der Waals surface area (Å²) in [6.07, 6.45) is 2.81. The maximum absolute atomic E-state index is 12.3. The van der Waals surface area contributed by atoms with Gasteiger partial charge in [-0.2, -0.15) is 0 Å². The number of carbonyl (C=O) groups is 1. The first-order valence-corrected chi connectivity index (χ1v) is 10.2. The van der Waals surface area contributed by atoms with Crippen LogP contribution in [0.2, 0.25) is 0 Å². The maximum atomic E-state index is 12.3. The molecule has 1 aromatic carbocycles. The van der Waals surface area contributed by atoms with Crippen LogP contribution >= 0.6 is 0 Å². The van der Waals surface area contributed by atoms with Crippen LogP contribution in [0.5, 0.6) is 5.75 Å². The van der Waals surface area contributed by atoms with Crippen molar-refractivity contribution in [1.29, 1.82) is 0 Å². The quantitative estimate of drug-likeness (QED) is 0.793. The Bertz CT molecular complexity index is 635. The van der Waals surface area contributed by atoms with Crippen LogP contribution in [0, 0.1) is 5.92 Å². The summed E-state index contributed by atoms with van der Waals surface area (Å²) in [6, 6.07) is 7.63. The molecule has 0 aliphatic carbocycles. The minimum Gasteiger partial charge on any atom is -0.497 e. The number of hydrogen-bond donors (Lipinski definition) is 1. The van der Waals surface area contributed by atoms with Gasteiger partial charge in [0.1, 0.15) is 15.6 Å². The van der Waals surface area contributed by atoms with E-state index in [9.17, 15) is 13.2 Å². The number of sulfone groups is 1. The van der Waals surface area contributed by atoms with Crippen molar-refractivity contribution in [2.24, 2.45) is 5.92 Å². The van der Waals surface area contributed by atoms with Gasteiger partial charge in [-0.25, -0.2) is 8.42 Å². The summed E-state index contributed by atoms with van der Waals surface area (Å²) >= 11 is 0. The van der Waals surface area contributed by atoms with Crippen molar-refractivity contribution in [2.45, 2.75) is 19.4 Å². The number of piperidine rings is 1. The first-order valence-electron chi connectivity index (χ1n) is 8.18. The molecule has 0 unspecified atom stereocenters. The predicted octanol–water partition coefficient (Wildman–Crippen LogP) is 1.07. The summed E-state index contributed by atoms with van der Waals surface area (Å²) in [4.78, 5) is 14.4. The molecule has 1 aliphatic heterocycles. The Morgan fingerprint density at radius 1 is 1.25 bits per heavy atom. The van der Waals surface area contributed by atoms with Gasteiger partial charge in [-0.3, -0.25) is 4.79 Å². The van der Waals surface area contributed by atoms with Crippen molar-refractivity contribution in [3.63, 3.8) is 0 Å². The second-order valence-corrected chi connectivity index (χ2v) is 8.57. The predicted molar refractivity (Wildman–Crippen MR) is 93.7 cm³/mol. The van der Waals surface area contributed by atoms with Gasteiger partial charge in [-0.15, -0.1) is 0 Å². The van der Waals surface area contributed by atoms with Crippen LogP contribution in [0.1, 0.15) is 18.4 Å². The van der Waals surface area contributed by atoms with Gasteiger partial charge in [-0.05, 0) is 43.6 Å². The highest BCUT2D eigenvalue weighted by molar-refractivity contribution is 7.90. The summed E-state index contributed by atoms with van der Waals surface area (Å²) in [6.45, 7) is 2.61. The van der Waals surface area contributed by atoms with E-state index in [4.69, 9.17) is 4.74 Å². The van der Waals surface area contributed by atoms with Crippen LogP contribution in [0.25, 0.3) is 0 Å². The molecule has 1 aliphatic rings. The number of amides is 1. The van der Waals surface area contributed by atoms with Gasteiger partial charge in [0, 0.05) is 25.3 Å². The van der Waals surface area contributed by atoms with Gasteiger partial charge >= 0.3 is 0 Å². The average Bonchev–Trinajstić information content (AvgIpc) is 2.58.